The van der Waals surface area contributed by atoms with E-state index >= 15 is 0 Å². The number of nitrogens with one attached hydrogen (secondary N) is 1. The summed E-state index contributed by atoms with van der Waals surface area (Å²) < 4.78 is 0. The number of hydrogen-bond acceptors (Lipinski definition) is 1. The molecular weight excluding hydrogens is 236 g/mol. The highest BCUT2D eigenvalue weighted by molar-refractivity contribution is 6.32. The molecule has 17 heavy (non-hydrogen) atoms. The van der Waals surface area contributed by atoms with Gasteiger partial charge < -0.3 is 4.98 Å². The molecule has 1 aromatic carbocycles. The molecule has 84 valence electrons. The van der Waals surface area contributed by atoms with E-state index in [4.69, 9.17) is 17.1 Å². The van der Waals surface area contributed by atoms with Gasteiger partial charge in [-0.25, -0.2) is 0 Å². The first-order valence-corrected chi connectivity index (χ1v) is 5.45. The minimum atomic E-state index is 0.382. The zero-order valence-corrected chi connectivity index (χ0v) is 9.70. The van der Waals surface area contributed by atoms with Crippen LogP contribution in [0, 0.1) is 11.8 Å². The number of benzene rings is 1. The average Bonchev–Trinajstić information content (AvgIpc) is 2.76. The number of hydrogen-bond donors (Lipinski definition) is 1. The predicted octanol–water partition coefficient (Wildman–Crippen LogP) is 3.87. The fourth-order valence-electron chi connectivity index (χ4n) is 1.48. The van der Waals surface area contributed by atoms with Crippen LogP contribution in [0.4, 0.5) is 0 Å². The Kier molecular flexibility index (Phi) is 3.56. The fourth-order valence-corrected chi connectivity index (χ4v) is 1.69. The lowest BCUT2D eigenvalue weighted by molar-refractivity contribution is 1.01. The van der Waals surface area contributed by atoms with E-state index in [1.54, 1.807) is 0 Å². The van der Waals surface area contributed by atoms with Gasteiger partial charge in [0.05, 0.1) is 5.02 Å². The minimum absolute atomic E-state index is 0.382. The lowest BCUT2D eigenvalue weighted by Crippen LogP contribution is -1.79. The van der Waals surface area contributed by atoms with E-state index in [2.05, 4.69) is 26.9 Å². The van der Waals surface area contributed by atoms with Crippen molar-refractivity contribution in [1.29, 1.82) is 0 Å². The highest BCUT2D eigenvalue weighted by Crippen LogP contribution is 2.22. The molecule has 0 fully saturated rings. The summed E-state index contributed by atoms with van der Waals surface area (Å²) in [4.78, 5) is 5.74. The van der Waals surface area contributed by atoms with Crippen LogP contribution in [0.2, 0.25) is 5.02 Å². The Labute approximate surface area is 103 Å². The van der Waals surface area contributed by atoms with Gasteiger partial charge in [0, 0.05) is 40.5 Å². The number of halogens is 1. The number of fused-ring (bicyclic) bond motifs is 1. The minimum Gasteiger partial charge on any atom is -0.361 e. The number of nitrogens with zero attached hydrogens (tertiary/aromatic N) is 3. The van der Waals surface area contributed by atoms with Gasteiger partial charge in [0.25, 0.3) is 0 Å². The lowest BCUT2D eigenvalue weighted by atomic mass is 10.1. The van der Waals surface area contributed by atoms with E-state index in [0.717, 1.165) is 16.5 Å². The molecule has 2 rings (SSSR count). The molecule has 0 aliphatic heterocycles. The molecule has 2 aromatic rings. The molecule has 0 spiro atoms. The molecule has 1 heterocycles. The summed E-state index contributed by atoms with van der Waals surface area (Å²) in [5.74, 6) is 5.90. The number of rotatable bonds is 2. The van der Waals surface area contributed by atoms with Crippen molar-refractivity contribution in [2.75, 3.05) is 6.54 Å². The van der Waals surface area contributed by atoms with Crippen LogP contribution >= 0.6 is 11.6 Å². The molecule has 0 radical (unpaired) electrons. The van der Waals surface area contributed by atoms with Gasteiger partial charge in [0.15, 0.2) is 0 Å². The van der Waals surface area contributed by atoms with E-state index in [9.17, 15) is 0 Å². The molecule has 5 heteroatoms. The summed E-state index contributed by atoms with van der Waals surface area (Å²) in [5, 5.41) is 5.11. The average molecular weight is 245 g/mol. The quantitative estimate of drug-likeness (QED) is 0.274. The molecule has 0 amide bonds. The molecule has 0 aliphatic carbocycles. The maximum Gasteiger partial charge on any atom is 0.0583 e. The monoisotopic (exact) mass is 244 g/mol. The summed E-state index contributed by atoms with van der Waals surface area (Å²) >= 11 is 6.10. The van der Waals surface area contributed by atoms with E-state index in [-0.39, 0.29) is 0 Å². The lowest BCUT2D eigenvalue weighted by Gasteiger charge is -1.96. The molecule has 0 atom stereocenters. The van der Waals surface area contributed by atoms with Crippen LogP contribution in [-0.4, -0.2) is 11.5 Å². The molecule has 4 nitrogen and oxygen atoms in total. The Morgan fingerprint density at radius 2 is 2.35 bits per heavy atom. The zero-order valence-electron chi connectivity index (χ0n) is 8.94. The predicted molar refractivity (Wildman–Crippen MR) is 68.8 cm³/mol. The number of aromatic nitrogens is 1. The van der Waals surface area contributed by atoms with Crippen LogP contribution < -0.4 is 0 Å². The Morgan fingerprint density at radius 1 is 1.47 bits per heavy atom. The van der Waals surface area contributed by atoms with Gasteiger partial charge >= 0.3 is 0 Å². The number of H-pyrrole nitrogens is 1. The fraction of sp³-hybridized carbons (Fsp3) is 0.167. The first-order valence-electron chi connectivity index (χ1n) is 5.07. The van der Waals surface area contributed by atoms with Crippen LogP contribution in [0.25, 0.3) is 21.3 Å². The maximum atomic E-state index is 8.11. The standard InChI is InChI=1S/C12H9ClN4/c13-11-8-12-10(4-6-15-12)7-9(11)3-1-2-5-16-17-14/h4,6-8,15H,2,5H2. The van der Waals surface area contributed by atoms with Crippen LogP contribution in [0.3, 0.4) is 0 Å². The Balaban J connectivity index is 2.22. The highest BCUT2D eigenvalue weighted by Gasteiger charge is 2.00. The van der Waals surface area contributed by atoms with E-state index < -0.39 is 0 Å². The van der Waals surface area contributed by atoms with Crippen molar-refractivity contribution in [3.63, 3.8) is 0 Å². The molecule has 1 aromatic heterocycles. The Hall–Kier alpha value is -2.08. The smallest absolute Gasteiger partial charge is 0.0583 e. The Morgan fingerprint density at radius 3 is 3.18 bits per heavy atom. The van der Waals surface area contributed by atoms with E-state index in [1.807, 2.05) is 24.4 Å². The Bertz CT molecular complexity index is 641. The van der Waals surface area contributed by atoms with Crippen molar-refractivity contribution in [3.05, 3.63) is 45.4 Å². The maximum absolute atomic E-state index is 8.11. The van der Waals surface area contributed by atoms with Crippen molar-refractivity contribution in [2.45, 2.75) is 6.42 Å². The van der Waals surface area contributed by atoms with Crippen molar-refractivity contribution in [1.82, 2.24) is 4.98 Å². The van der Waals surface area contributed by atoms with Crippen molar-refractivity contribution in [3.8, 4) is 11.8 Å². The summed E-state index contributed by atoms with van der Waals surface area (Å²) in [6.45, 7) is 0.382. The van der Waals surface area contributed by atoms with Gasteiger partial charge in [-0.3, -0.25) is 0 Å². The van der Waals surface area contributed by atoms with Crippen molar-refractivity contribution in [2.24, 2.45) is 5.11 Å². The van der Waals surface area contributed by atoms with E-state index in [1.165, 1.54) is 0 Å². The zero-order chi connectivity index (χ0) is 12.1. The summed E-state index contributed by atoms with van der Waals surface area (Å²) in [6.07, 6.45) is 2.39. The van der Waals surface area contributed by atoms with Gasteiger partial charge in [-0.15, -0.1) is 0 Å². The molecule has 1 N–H and O–H groups in total. The first-order chi connectivity index (χ1) is 8.31. The van der Waals surface area contributed by atoms with Crippen LogP contribution in [0.5, 0.6) is 0 Å². The van der Waals surface area contributed by atoms with Gasteiger partial charge in [-0.2, -0.15) is 0 Å². The number of aromatic amines is 1. The van der Waals surface area contributed by atoms with Crippen molar-refractivity contribution >= 4 is 22.5 Å². The second-order valence-corrected chi connectivity index (χ2v) is 3.81. The third-order valence-corrected chi connectivity index (χ3v) is 2.58. The highest BCUT2D eigenvalue weighted by atomic mass is 35.5. The first kappa shape index (κ1) is 11.4. The second kappa shape index (κ2) is 5.31. The molecule has 0 unspecified atom stereocenters. The summed E-state index contributed by atoms with van der Waals surface area (Å²) in [5.41, 5.74) is 9.89. The third-order valence-electron chi connectivity index (χ3n) is 2.26. The molecule has 0 saturated carbocycles. The van der Waals surface area contributed by atoms with Gasteiger partial charge in [0.2, 0.25) is 0 Å². The van der Waals surface area contributed by atoms with Gasteiger partial charge in [0.1, 0.15) is 0 Å². The molecule has 0 bridgehead atoms. The van der Waals surface area contributed by atoms with Crippen LogP contribution in [0.1, 0.15) is 12.0 Å². The SMILES string of the molecule is [N-]=[N+]=NCCC#Cc1cc2cc[nH]c2cc1Cl. The summed E-state index contributed by atoms with van der Waals surface area (Å²) in [7, 11) is 0. The van der Waals surface area contributed by atoms with E-state index in [0.29, 0.717) is 18.0 Å². The number of azide groups is 1. The summed E-state index contributed by atoms with van der Waals surface area (Å²) in [6, 6.07) is 5.76. The van der Waals surface area contributed by atoms with Crippen LogP contribution in [0.15, 0.2) is 29.5 Å². The topological polar surface area (TPSA) is 64.6 Å². The van der Waals surface area contributed by atoms with Crippen LogP contribution in [-0.2, 0) is 0 Å². The normalized spacial score (nSPS) is 9.47. The molecular formula is C12H9ClN4. The van der Waals surface area contributed by atoms with Gasteiger partial charge in [-0.05, 0) is 23.7 Å². The third kappa shape index (κ3) is 2.73. The van der Waals surface area contributed by atoms with Gasteiger partial charge in [-0.1, -0.05) is 28.6 Å². The van der Waals surface area contributed by atoms with Crippen molar-refractivity contribution < 1.29 is 0 Å². The largest absolute Gasteiger partial charge is 0.361 e. The molecule has 0 aliphatic rings. The molecule has 0 saturated heterocycles. The second-order valence-electron chi connectivity index (χ2n) is 3.40.